The molecule has 2 aromatic carbocycles. The van der Waals surface area contributed by atoms with Gasteiger partial charge in [-0.2, -0.15) is 26.3 Å². The van der Waals surface area contributed by atoms with Crippen molar-refractivity contribution >= 4 is 17.1 Å². The molecule has 3 rings (SSSR count). The van der Waals surface area contributed by atoms with Crippen LogP contribution in [0.4, 0.5) is 43.4 Å². The number of benzene rings is 2. The third-order valence-electron chi connectivity index (χ3n) is 4.09. The van der Waals surface area contributed by atoms with E-state index in [0.29, 0.717) is 22.2 Å². The number of hydrogen-bond donors (Lipinski definition) is 1. The van der Waals surface area contributed by atoms with Gasteiger partial charge < -0.3 is 15.1 Å². The summed E-state index contributed by atoms with van der Waals surface area (Å²) in [6, 6.07) is 8.58. The molecule has 0 unspecified atom stereocenters. The first kappa shape index (κ1) is 21.9. The van der Waals surface area contributed by atoms with E-state index in [1.54, 1.807) is 24.3 Å². The first-order valence-corrected chi connectivity index (χ1v) is 8.55. The van der Waals surface area contributed by atoms with E-state index in [1.165, 1.54) is 0 Å². The Hall–Kier alpha value is -3.75. The molecule has 162 valence electrons. The zero-order valence-corrected chi connectivity index (χ0v) is 15.5. The predicted octanol–water partition coefficient (Wildman–Crippen LogP) is 5.46. The highest BCUT2D eigenvalue weighted by atomic mass is 19.4. The summed E-state index contributed by atoms with van der Waals surface area (Å²) in [5.41, 5.74) is 4.08. The Morgan fingerprint density at radius 2 is 1.68 bits per heavy atom. The summed E-state index contributed by atoms with van der Waals surface area (Å²) in [5, 5.41) is 7.45. The number of anilines is 2. The van der Waals surface area contributed by atoms with Crippen molar-refractivity contribution < 1.29 is 30.8 Å². The lowest BCUT2D eigenvalue weighted by Crippen LogP contribution is -2.34. The minimum absolute atomic E-state index is 0.0151. The van der Waals surface area contributed by atoms with Gasteiger partial charge >= 0.3 is 12.4 Å². The molecule has 0 atom stereocenters. The maximum Gasteiger partial charge on any atom is 0.407 e. The largest absolute Gasteiger partial charge is 0.419 e. The molecule has 2 N–H and O–H groups in total. The molecule has 0 saturated carbocycles. The molecule has 0 radical (unpaired) electrons. The van der Waals surface area contributed by atoms with Crippen LogP contribution >= 0.6 is 0 Å². The Bertz CT molecular complexity index is 1100. The molecular formula is C19H13F6N5O. The van der Waals surface area contributed by atoms with Crippen LogP contribution in [0.15, 0.2) is 46.9 Å². The first-order valence-electron chi connectivity index (χ1n) is 8.55. The number of nitrogen functional groups attached to an aromatic ring is 1. The van der Waals surface area contributed by atoms with Crippen molar-refractivity contribution in [3.8, 4) is 11.5 Å². The summed E-state index contributed by atoms with van der Waals surface area (Å²) >= 11 is 0. The van der Waals surface area contributed by atoms with Crippen molar-refractivity contribution in [1.29, 1.82) is 0 Å². The topological polar surface area (TPSA) is 72.5 Å². The van der Waals surface area contributed by atoms with Crippen LogP contribution in [0.1, 0.15) is 11.5 Å². The van der Waals surface area contributed by atoms with E-state index in [0.717, 1.165) is 12.1 Å². The van der Waals surface area contributed by atoms with Crippen LogP contribution in [0, 0.1) is 6.57 Å². The Labute approximate surface area is 171 Å². The quantitative estimate of drug-likeness (QED) is 0.324. The first-order chi connectivity index (χ1) is 14.5. The fraction of sp³-hybridized carbons (Fsp3) is 0.211. The lowest BCUT2D eigenvalue weighted by molar-refractivity contribution is -0.136. The van der Waals surface area contributed by atoms with Crippen molar-refractivity contribution in [2.24, 2.45) is 0 Å². The van der Waals surface area contributed by atoms with Crippen LogP contribution in [0.5, 0.6) is 0 Å². The number of rotatable bonds is 5. The number of hydrogen-bond acceptors (Lipinski definition) is 5. The van der Waals surface area contributed by atoms with Crippen LogP contribution in [-0.2, 0) is 12.7 Å². The molecule has 1 aromatic heterocycles. The molecule has 0 amide bonds. The molecule has 6 nitrogen and oxygen atoms in total. The normalized spacial score (nSPS) is 11.9. The standard InChI is InChI=1S/C19H13F6N5O/c1-27-15-7-6-13(8-14(15)19(23,24)25)30(10-18(20,21)22)9-16-28-29-17(31-16)11-2-4-12(26)5-3-11/h2-8H,9-10,26H2. The van der Waals surface area contributed by atoms with E-state index in [-0.39, 0.29) is 11.8 Å². The molecule has 0 aliphatic carbocycles. The van der Waals surface area contributed by atoms with E-state index < -0.39 is 42.4 Å². The molecule has 3 aromatic rings. The zero-order valence-electron chi connectivity index (χ0n) is 15.5. The van der Waals surface area contributed by atoms with Gasteiger partial charge in [0.2, 0.25) is 11.8 Å². The van der Waals surface area contributed by atoms with Gasteiger partial charge in [-0.15, -0.1) is 10.2 Å². The van der Waals surface area contributed by atoms with E-state index >= 15 is 0 Å². The summed E-state index contributed by atoms with van der Waals surface area (Å²) in [6.45, 7) is 4.68. The Morgan fingerprint density at radius 3 is 2.26 bits per heavy atom. The predicted molar refractivity (Wildman–Crippen MR) is 99.0 cm³/mol. The van der Waals surface area contributed by atoms with E-state index in [9.17, 15) is 26.3 Å². The van der Waals surface area contributed by atoms with E-state index in [4.69, 9.17) is 16.7 Å². The summed E-state index contributed by atoms with van der Waals surface area (Å²) in [5.74, 6) is -0.222. The lowest BCUT2D eigenvalue weighted by atomic mass is 10.1. The molecule has 31 heavy (non-hydrogen) atoms. The second-order valence-corrected chi connectivity index (χ2v) is 6.41. The van der Waals surface area contributed by atoms with E-state index in [2.05, 4.69) is 15.0 Å². The summed E-state index contributed by atoms with van der Waals surface area (Å²) < 4.78 is 84.3. The zero-order chi connectivity index (χ0) is 22.8. The van der Waals surface area contributed by atoms with Crippen LogP contribution in [-0.4, -0.2) is 22.9 Å². The lowest BCUT2D eigenvalue weighted by Gasteiger charge is -2.25. The van der Waals surface area contributed by atoms with Gasteiger partial charge in [-0.3, -0.25) is 0 Å². The highest BCUT2D eigenvalue weighted by molar-refractivity contribution is 5.62. The number of aromatic nitrogens is 2. The van der Waals surface area contributed by atoms with E-state index in [1.807, 2.05) is 0 Å². The maximum atomic E-state index is 13.2. The number of nitrogens with zero attached hydrogens (tertiary/aromatic N) is 4. The van der Waals surface area contributed by atoms with Crippen LogP contribution in [0.25, 0.3) is 16.3 Å². The van der Waals surface area contributed by atoms with Crippen molar-refractivity contribution in [2.75, 3.05) is 17.2 Å². The average molecular weight is 441 g/mol. The molecule has 12 heteroatoms. The summed E-state index contributed by atoms with van der Waals surface area (Å²) in [6.07, 6.45) is -9.64. The van der Waals surface area contributed by atoms with Gasteiger partial charge in [-0.05, 0) is 36.4 Å². The van der Waals surface area contributed by atoms with Crippen molar-refractivity contribution in [3.63, 3.8) is 0 Å². The molecule has 0 fully saturated rings. The number of nitrogens with two attached hydrogens (primary N) is 1. The van der Waals surface area contributed by atoms with Crippen molar-refractivity contribution in [3.05, 3.63) is 65.3 Å². The number of alkyl halides is 6. The molecule has 0 spiro atoms. The van der Waals surface area contributed by atoms with Gasteiger partial charge in [-0.1, -0.05) is 6.07 Å². The smallest absolute Gasteiger partial charge is 0.407 e. The fourth-order valence-electron chi connectivity index (χ4n) is 2.72. The van der Waals surface area contributed by atoms with Gasteiger partial charge in [0.1, 0.15) is 6.54 Å². The Morgan fingerprint density at radius 1 is 1.00 bits per heavy atom. The highest BCUT2D eigenvalue weighted by Crippen LogP contribution is 2.39. The van der Waals surface area contributed by atoms with Gasteiger partial charge in [0.15, 0.2) is 5.69 Å². The Kier molecular flexibility index (Phi) is 5.79. The minimum Gasteiger partial charge on any atom is -0.419 e. The van der Waals surface area contributed by atoms with Gasteiger partial charge in [0.05, 0.1) is 18.7 Å². The SMILES string of the molecule is [C-]#[N+]c1ccc(N(Cc2nnc(-c3ccc(N)cc3)o2)CC(F)(F)F)cc1C(F)(F)F. The average Bonchev–Trinajstić information content (AvgIpc) is 3.14. The van der Waals surface area contributed by atoms with Gasteiger partial charge in [0.25, 0.3) is 0 Å². The summed E-state index contributed by atoms with van der Waals surface area (Å²) in [4.78, 5) is 3.39. The molecule has 0 aliphatic rings. The molecule has 0 bridgehead atoms. The second kappa shape index (κ2) is 8.17. The molecule has 0 saturated heterocycles. The van der Waals surface area contributed by atoms with Gasteiger partial charge in [0, 0.05) is 16.9 Å². The fourth-order valence-corrected chi connectivity index (χ4v) is 2.72. The third kappa shape index (κ3) is 5.44. The number of halogens is 6. The maximum absolute atomic E-state index is 13.2. The molecule has 1 heterocycles. The van der Waals surface area contributed by atoms with Crippen molar-refractivity contribution in [1.82, 2.24) is 10.2 Å². The van der Waals surface area contributed by atoms with Crippen molar-refractivity contribution in [2.45, 2.75) is 18.9 Å². The second-order valence-electron chi connectivity index (χ2n) is 6.41. The van der Waals surface area contributed by atoms with Gasteiger partial charge in [-0.25, -0.2) is 4.85 Å². The van der Waals surface area contributed by atoms with Crippen LogP contribution < -0.4 is 10.6 Å². The Balaban J connectivity index is 1.94. The van der Waals surface area contributed by atoms with Crippen LogP contribution in [0.3, 0.4) is 0 Å². The van der Waals surface area contributed by atoms with Crippen LogP contribution in [0.2, 0.25) is 0 Å². The highest BCUT2D eigenvalue weighted by Gasteiger charge is 2.36. The molecular weight excluding hydrogens is 428 g/mol. The minimum atomic E-state index is -4.91. The summed E-state index contributed by atoms with van der Waals surface area (Å²) in [7, 11) is 0. The monoisotopic (exact) mass is 441 g/mol. The third-order valence-corrected chi connectivity index (χ3v) is 4.09. The molecule has 0 aliphatic heterocycles.